The third kappa shape index (κ3) is 2.41. The van der Waals surface area contributed by atoms with Gasteiger partial charge >= 0.3 is 6.18 Å². The van der Waals surface area contributed by atoms with E-state index < -0.39 is 12.1 Å². The Labute approximate surface area is 85.7 Å². The molecule has 0 saturated heterocycles. The lowest BCUT2D eigenvalue weighted by atomic mass is 10.00. The molecule has 0 heterocycles. The lowest BCUT2D eigenvalue weighted by Crippen LogP contribution is -2.17. The summed E-state index contributed by atoms with van der Waals surface area (Å²) in [6.07, 6.45) is -4.21. The molecule has 1 aromatic carbocycles. The lowest BCUT2D eigenvalue weighted by Gasteiger charge is -2.16. The number of aryl methyl sites for hydroxylation is 1. The highest BCUT2D eigenvalue weighted by Crippen LogP contribution is 2.35. The number of rotatable bonds is 1. The van der Waals surface area contributed by atoms with E-state index in [2.05, 4.69) is 0 Å². The molecule has 14 heavy (non-hydrogen) atoms. The summed E-state index contributed by atoms with van der Waals surface area (Å²) in [5.41, 5.74) is 0.984. The van der Waals surface area contributed by atoms with Crippen molar-refractivity contribution >= 4 is 11.6 Å². The fraction of sp³-hybridized carbons (Fsp3) is 0.400. The maximum absolute atomic E-state index is 12.3. The Morgan fingerprint density at radius 2 is 1.86 bits per heavy atom. The summed E-state index contributed by atoms with van der Waals surface area (Å²) in [6.45, 7) is 2.88. The minimum atomic E-state index is -4.21. The summed E-state index contributed by atoms with van der Waals surface area (Å²) >= 11 is 5.74. The van der Waals surface area contributed by atoms with Gasteiger partial charge in [-0.15, -0.1) is 0 Å². The fourth-order valence-electron chi connectivity index (χ4n) is 1.07. The number of halogens is 4. The predicted octanol–water partition coefficient (Wildman–Crippen LogP) is 4.31. The van der Waals surface area contributed by atoms with Crippen molar-refractivity contribution in [2.45, 2.75) is 25.9 Å². The molecule has 0 aromatic heterocycles. The molecule has 0 bridgehead atoms. The zero-order valence-corrected chi connectivity index (χ0v) is 8.58. The van der Waals surface area contributed by atoms with E-state index in [1.807, 2.05) is 0 Å². The molecular weight excluding hydrogens is 213 g/mol. The van der Waals surface area contributed by atoms with Crippen molar-refractivity contribution < 1.29 is 13.2 Å². The van der Waals surface area contributed by atoms with E-state index in [0.29, 0.717) is 5.02 Å². The second-order valence-corrected chi connectivity index (χ2v) is 3.68. The zero-order chi connectivity index (χ0) is 10.9. The molecular formula is C10H10ClF3. The van der Waals surface area contributed by atoms with Crippen LogP contribution in [0.3, 0.4) is 0 Å². The average molecular weight is 223 g/mol. The molecule has 0 radical (unpaired) electrons. The number of benzene rings is 1. The molecule has 0 saturated carbocycles. The van der Waals surface area contributed by atoms with Crippen molar-refractivity contribution in [2.24, 2.45) is 0 Å². The van der Waals surface area contributed by atoms with Crippen LogP contribution in [0.5, 0.6) is 0 Å². The average Bonchev–Trinajstić information content (AvgIpc) is 2.07. The number of hydrogen-bond donors (Lipinski definition) is 0. The van der Waals surface area contributed by atoms with Gasteiger partial charge < -0.3 is 0 Å². The first kappa shape index (κ1) is 11.4. The molecule has 4 heteroatoms. The quantitative estimate of drug-likeness (QED) is 0.664. The van der Waals surface area contributed by atoms with Crippen molar-refractivity contribution in [1.82, 2.24) is 0 Å². The second-order valence-electron chi connectivity index (χ2n) is 3.27. The molecule has 0 aliphatic rings. The highest BCUT2D eigenvalue weighted by atomic mass is 35.5. The van der Waals surface area contributed by atoms with E-state index in [1.165, 1.54) is 12.1 Å². The van der Waals surface area contributed by atoms with Gasteiger partial charge in [-0.1, -0.05) is 23.7 Å². The summed E-state index contributed by atoms with van der Waals surface area (Å²) in [5, 5.41) is 0.374. The standard InChI is InChI=1S/C10H10ClF3/c1-6-3-4-8(5-9(6)11)7(2)10(12,13)14/h3-5,7H,1-2H3. The van der Waals surface area contributed by atoms with Crippen molar-refractivity contribution in [3.8, 4) is 0 Å². The highest BCUT2D eigenvalue weighted by Gasteiger charge is 2.36. The van der Waals surface area contributed by atoms with E-state index in [9.17, 15) is 13.2 Å². The minimum Gasteiger partial charge on any atom is -0.170 e. The Morgan fingerprint density at radius 1 is 1.29 bits per heavy atom. The van der Waals surface area contributed by atoms with Gasteiger partial charge in [0.25, 0.3) is 0 Å². The van der Waals surface area contributed by atoms with Gasteiger partial charge in [0.1, 0.15) is 0 Å². The molecule has 0 aliphatic heterocycles. The van der Waals surface area contributed by atoms with Crippen LogP contribution in [-0.2, 0) is 0 Å². The molecule has 1 aromatic rings. The van der Waals surface area contributed by atoms with Gasteiger partial charge in [-0.25, -0.2) is 0 Å². The fourth-order valence-corrected chi connectivity index (χ4v) is 1.26. The van der Waals surface area contributed by atoms with Gasteiger partial charge in [-0.2, -0.15) is 13.2 Å². The van der Waals surface area contributed by atoms with Crippen LogP contribution in [0.4, 0.5) is 13.2 Å². The topological polar surface area (TPSA) is 0 Å². The summed E-state index contributed by atoms with van der Waals surface area (Å²) in [4.78, 5) is 0. The maximum atomic E-state index is 12.3. The first-order chi connectivity index (χ1) is 6.32. The summed E-state index contributed by atoms with van der Waals surface area (Å²) in [5.74, 6) is -1.47. The summed E-state index contributed by atoms with van der Waals surface area (Å²) in [6, 6.07) is 4.42. The maximum Gasteiger partial charge on any atom is 0.395 e. The smallest absolute Gasteiger partial charge is 0.170 e. The van der Waals surface area contributed by atoms with Crippen molar-refractivity contribution in [3.63, 3.8) is 0 Å². The van der Waals surface area contributed by atoms with Gasteiger partial charge in [-0.3, -0.25) is 0 Å². The third-order valence-corrected chi connectivity index (χ3v) is 2.59. The van der Waals surface area contributed by atoms with Crippen molar-refractivity contribution in [3.05, 3.63) is 34.3 Å². The highest BCUT2D eigenvalue weighted by molar-refractivity contribution is 6.31. The largest absolute Gasteiger partial charge is 0.395 e. The Hall–Kier alpha value is -0.700. The predicted molar refractivity (Wildman–Crippen MR) is 50.7 cm³/mol. The van der Waals surface area contributed by atoms with E-state index >= 15 is 0 Å². The van der Waals surface area contributed by atoms with Crippen LogP contribution in [0.25, 0.3) is 0 Å². The van der Waals surface area contributed by atoms with E-state index in [-0.39, 0.29) is 5.56 Å². The van der Waals surface area contributed by atoms with E-state index in [0.717, 1.165) is 12.5 Å². The van der Waals surface area contributed by atoms with E-state index in [4.69, 9.17) is 11.6 Å². The van der Waals surface area contributed by atoms with E-state index in [1.54, 1.807) is 13.0 Å². The molecule has 0 amide bonds. The van der Waals surface area contributed by atoms with Crippen LogP contribution in [-0.4, -0.2) is 6.18 Å². The van der Waals surface area contributed by atoms with Gasteiger partial charge in [0.2, 0.25) is 0 Å². The monoisotopic (exact) mass is 222 g/mol. The molecule has 1 atom stereocenters. The lowest BCUT2D eigenvalue weighted by molar-refractivity contribution is -0.146. The van der Waals surface area contributed by atoms with Crippen LogP contribution >= 0.6 is 11.6 Å². The molecule has 1 rings (SSSR count). The molecule has 0 N–H and O–H groups in total. The Balaban J connectivity index is 3.03. The Kier molecular flexibility index (Phi) is 3.10. The number of alkyl halides is 3. The molecule has 78 valence electrons. The molecule has 1 unspecified atom stereocenters. The first-order valence-corrected chi connectivity index (χ1v) is 4.53. The Morgan fingerprint density at radius 3 is 2.29 bits per heavy atom. The van der Waals surface area contributed by atoms with Gasteiger partial charge in [0, 0.05) is 5.02 Å². The van der Waals surface area contributed by atoms with Crippen LogP contribution < -0.4 is 0 Å². The number of hydrogen-bond acceptors (Lipinski definition) is 0. The molecule has 0 aliphatic carbocycles. The molecule has 0 nitrogen and oxygen atoms in total. The minimum absolute atomic E-state index is 0.202. The van der Waals surface area contributed by atoms with Crippen molar-refractivity contribution in [2.75, 3.05) is 0 Å². The van der Waals surface area contributed by atoms with Crippen LogP contribution in [0.2, 0.25) is 5.02 Å². The van der Waals surface area contributed by atoms with Crippen LogP contribution in [0.1, 0.15) is 24.0 Å². The van der Waals surface area contributed by atoms with Crippen LogP contribution in [0.15, 0.2) is 18.2 Å². The third-order valence-electron chi connectivity index (χ3n) is 2.19. The Bertz CT molecular complexity index is 331. The zero-order valence-electron chi connectivity index (χ0n) is 7.82. The van der Waals surface area contributed by atoms with Gasteiger partial charge in [0.05, 0.1) is 5.92 Å². The van der Waals surface area contributed by atoms with Gasteiger partial charge in [0.15, 0.2) is 0 Å². The normalized spacial score (nSPS) is 14.1. The van der Waals surface area contributed by atoms with Crippen LogP contribution in [0, 0.1) is 6.92 Å². The second kappa shape index (κ2) is 3.81. The molecule has 0 fully saturated rings. The summed E-state index contributed by atoms with van der Waals surface area (Å²) < 4.78 is 37.0. The first-order valence-electron chi connectivity index (χ1n) is 4.15. The molecule has 0 spiro atoms. The SMILES string of the molecule is Cc1ccc(C(C)C(F)(F)F)cc1Cl. The van der Waals surface area contributed by atoms with Crippen molar-refractivity contribution in [1.29, 1.82) is 0 Å². The van der Waals surface area contributed by atoms with Gasteiger partial charge in [-0.05, 0) is 31.0 Å². The summed E-state index contributed by atoms with van der Waals surface area (Å²) in [7, 11) is 0.